The second-order valence-electron chi connectivity index (χ2n) is 5.09. The molecule has 1 fully saturated rings. The van der Waals surface area contributed by atoms with Gasteiger partial charge in [-0.2, -0.15) is 0 Å². The summed E-state index contributed by atoms with van der Waals surface area (Å²) in [4.78, 5) is 2.45. The molecule has 14 heavy (non-hydrogen) atoms. The molecule has 2 nitrogen and oxygen atoms in total. The normalized spacial score (nSPS) is 16.9. The lowest BCUT2D eigenvalue weighted by atomic mass is 10.2. The largest absolute Gasteiger partial charge is 0.314 e. The highest BCUT2D eigenvalue weighted by atomic mass is 15.1. The molecule has 0 radical (unpaired) electrons. The molecule has 0 spiro atoms. The summed E-state index contributed by atoms with van der Waals surface area (Å²) in [5.41, 5.74) is 0. The van der Waals surface area contributed by atoms with E-state index in [1.54, 1.807) is 0 Å². The fourth-order valence-corrected chi connectivity index (χ4v) is 1.81. The third-order valence-corrected chi connectivity index (χ3v) is 2.65. The van der Waals surface area contributed by atoms with Gasteiger partial charge in [0.1, 0.15) is 0 Å². The minimum atomic E-state index is 0.796. The molecule has 0 aromatic rings. The average molecular weight is 198 g/mol. The Morgan fingerprint density at radius 1 is 1.29 bits per heavy atom. The number of nitrogens with zero attached hydrogens (tertiary/aromatic N) is 1. The predicted molar refractivity (Wildman–Crippen MR) is 62.6 cm³/mol. The van der Waals surface area contributed by atoms with Gasteiger partial charge in [0.2, 0.25) is 0 Å². The highest BCUT2D eigenvalue weighted by molar-refractivity contribution is 4.80. The third-order valence-electron chi connectivity index (χ3n) is 2.65. The third kappa shape index (κ3) is 6.39. The summed E-state index contributed by atoms with van der Waals surface area (Å²) in [5, 5.41) is 3.55. The number of nitrogens with one attached hydrogen (secondary N) is 1. The maximum atomic E-state index is 3.55. The van der Waals surface area contributed by atoms with Gasteiger partial charge < -0.3 is 10.2 Å². The van der Waals surface area contributed by atoms with Crippen LogP contribution in [0.4, 0.5) is 0 Å². The van der Waals surface area contributed by atoms with E-state index in [-0.39, 0.29) is 0 Å². The van der Waals surface area contributed by atoms with E-state index in [1.807, 2.05) is 0 Å². The second-order valence-corrected chi connectivity index (χ2v) is 5.09. The summed E-state index contributed by atoms with van der Waals surface area (Å²) < 4.78 is 0. The molecule has 0 atom stereocenters. The zero-order chi connectivity index (χ0) is 10.4. The summed E-state index contributed by atoms with van der Waals surface area (Å²) in [6.07, 6.45) is 5.49. The highest BCUT2D eigenvalue weighted by Gasteiger charge is 2.19. The van der Waals surface area contributed by atoms with Crippen molar-refractivity contribution in [2.75, 3.05) is 26.7 Å². The van der Waals surface area contributed by atoms with E-state index in [0.717, 1.165) is 12.0 Å². The maximum absolute atomic E-state index is 3.55. The molecule has 1 aliphatic rings. The van der Waals surface area contributed by atoms with E-state index < -0.39 is 0 Å². The molecular formula is C12H26N2. The Labute approximate surface area is 89.1 Å². The Morgan fingerprint density at radius 3 is 2.57 bits per heavy atom. The molecule has 0 amide bonds. The molecule has 0 heterocycles. The zero-order valence-corrected chi connectivity index (χ0v) is 10.1. The lowest BCUT2D eigenvalue weighted by Crippen LogP contribution is -2.25. The van der Waals surface area contributed by atoms with Crippen molar-refractivity contribution in [2.45, 2.75) is 45.6 Å². The fourth-order valence-electron chi connectivity index (χ4n) is 1.81. The Morgan fingerprint density at radius 2 is 2.00 bits per heavy atom. The van der Waals surface area contributed by atoms with Gasteiger partial charge in [0.25, 0.3) is 0 Å². The van der Waals surface area contributed by atoms with Crippen LogP contribution in [-0.2, 0) is 0 Å². The summed E-state index contributed by atoms with van der Waals surface area (Å²) >= 11 is 0. The number of hydrogen-bond acceptors (Lipinski definition) is 2. The molecule has 2 heteroatoms. The summed E-state index contributed by atoms with van der Waals surface area (Å²) in [7, 11) is 2.23. The molecule has 84 valence electrons. The van der Waals surface area contributed by atoms with Gasteiger partial charge in [0, 0.05) is 12.6 Å². The van der Waals surface area contributed by atoms with Crippen molar-refractivity contribution >= 4 is 0 Å². The molecule has 0 aliphatic heterocycles. The highest BCUT2D eigenvalue weighted by Crippen LogP contribution is 2.18. The summed E-state index contributed by atoms with van der Waals surface area (Å²) in [5.74, 6) is 0.796. The van der Waals surface area contributed by atoms with E-state index in [9.17, 15) is 0 Å². The van der Waals surface area contributed by atoms with Crippen molar-refractivity contribution in [3.05, 3.63) is 0 Å². The van der Waals surface area contributed by atoms with Crippen LogP contribution in [0.2, 0.25) is 0 Å². The number of unbranched alkanes of at least 4 members (excludes halogenated alkanes) is 1. The van der Waals surface area contributed by atoms with Crippen molar-refractivity contribution in [1.82, 2.24) is 10.2 Å². The van der Waals surface area contributed by atoms with Gasteiger partial charge in [0.15, 0.2) is 0 Å². The molecule has 1 rings (SSSR count). The lowest BCUT2D eigenvalue weighted by molar-refractivity contribution is 0.289. The van der Waals surface area contributed by atoms with Crippen LogP contribution < -0.4 is 5.32 Å². The van der Waals surface area contributed by atoms with Gasteiger partial charge in [-0.1, -0.05) is 13.8 Å². The smallest absolute Gasteiger partial charge is 0.00682 e. The van der Waals surface area contributed by atoms with Crippen molar-refractivity contribution in [3.8, 4) is 0 Å². The predicted octanol–water partition coefficient (Wildman–Crippen LogP) is 2.11. The van der Waals surface area contributed by atoms with Crippen molar-refractivity contribution in [1.29, 1.82) is 0 Å². The van der Waals surface area contributed by atoms with Crippen LogP contribution >= 0.6 is 0 Å². The first-order valence-corrected chi connectivity index (χ1v) is 6.10. The quantitative estimate of drug-likeness (QED) is 0.601. The number of hydrogen-bond donors (Lipinski definition) is 1. The van der Waals surface area contributed by atoms with Crippen molar-refractivity contribution in [3.63, 3.8) is 0 Å². The molecule has 0 aromatic carbocycles. The molecule has 0 aromatic heterocycles. The monoisotopic (exact) mass is 198 g/mol. The zero-order valence-electron chi connectivity index (χ0n) is 10.1. The summed E-state index contributed by atoms with van der Waals surface area (Å²) in [6, 6.07) is 0.878. The molecule has 0 saturated heterocycles. The molecule has 0 unspecified atom stereocenters. The topological polar surface area (TPSA) is 15.3 Å². The molecule has 1 N–H and O–H groups in total. The van der Waals surface area contributed by atoms with Crippen LogP contribution in [0.1, 0.15) is 39.5 Å². The first-order chi connectivity index (χ1) is 6.68. The van der Waals surface area contributed by atoms with Gasteiger partial charge in [0.05, 0.1) is 0 Å². The van der Waals surface area contributed by atoms with E-state index in [2.05, 4.69) is 31.1 Å². The summed E-state index contributed by atoms with van der Waals surface area (Å²) in [6.45, 7) is 8.27. The van der Waals surface area contributed by atoms with Crippen LogP contribution in [0.5, 0.6) is 0 Å². The van der Waals surface area contributed by atoms with Gasteiger partial charge >= 0.3 is 0 Å². The Hall–Kier alpha value is -0.0800. The minimum absolute atomic E-state index is 0.796. The van der Waals surface area contributed by atoms with Crippen molar-refractivity contribution in [2.24, 2.45) is 5.92 Å². The van der Waals surface area contributed by atoms with E-state index >= 15 is 0 Å². The van der Waals surface area contributed by atoms with E-state index in [0.29, 0.717) is 0 Å². The van der Waals surface area contributed by atoms with E-state index in [1.165, 1.54) is 45.3 Å². The van der Waals surface area contributed by atoms with Crippen LogP contribution in [0.15, 0.2) is 0 Å². The standard InChI is InChI=1S/C12H26N2/c1-11(2)10-14(3)9-5-4-8-13-12-6-7-12/h11-13H,4-10H2,1-3H3. The Balaban J connectivity index is 1.81. The Bertz CT molecular complexity index is 141. The Kier molecular flexibility index (Phi) is 5.49. The van der Waals surface area contributed by atoms with Crippen molar-refractivity contribution < 1.29 is 0 Å². The van der Waals surface area contributed by atoms with Gasteiger partial charge in [-0.25, -0.2) is 0 Å². The molecular weight excluding hydrogens is 172 g/mol. The van der Waals surface area contributed by atoms with Gasteiger partial charge in [-0.05, 0) is 51.7 Å². The first kappa shape index (κ1) is 12.0. The second kappa shape index (κ2) is 6.41. The first-order valence-electron chi connectivity index (χ1n) is 6.10. The van der Waals surface area contributed by atoms with E-state index in [4.69, 9.17) is 0 Å². The minimum Gasteiger partial charge on any atom is -0.314 e. The average Bonchev–Trinajstić information content (AvgIpc) is 2.86. The van der Waals surface area contributed by atoms with Crippen LogP contribution in [-0.4, -0.2) is 37.6 Å². The van der Waals surface area contributed by atoms with Crippen LogP contribution in [0.3, 0.4) is 0 Å². The lowest BCUT2D eigenvalue weighted by Gasteiger charge is -2.18. The fraction of sp³-hybridized carbons (Fsp3) is 1.00. The van der Waals surface area contributed by atoms with Crippen LogP contribution in [0.25, 0.3) is 0 Å². The maximum Gasteiger partial charge on any atom is 0.00682 e. The number of rotatable bonds is 8. The van der Waals surface area contributed by atoms with Gasteiger partial charge in [-0.15, -0.1) is 0 Å². The van der Waals surface area contributed by atoms with Crippen LogP contribution in [0, 0.1) is 5.92 Å². The van der Waals surface area contributed by atoms with Gasteiger partial charge in [-0.3, -0.25) is 0 Å². The molecule has 1 saturated carbocycles. The SMILES string of the molecule is CC(C)CN(C)CCCCNC1CC1. The molecule has 1 aliphatic carbocycles. The molecule has 0 bridgehead atoms.